The first-order chi connectivity index (χ1) is 8.25. The first-order valence-electron chi connectivity index (χ1n) is 7.38. The molecule has 0 aromatic carbocycles. The monoisotopic (exact) mass is 239 g/mol. The second-order valence-electron chi connectivity index (χ2n) is 5.97. The van der Waals surface area contributed by atoms with Crippen molar-refractivity contribution in [2.75, 3.05) is 40.3 Å². The minimum Gasteiger partial charge on any atom is -0.313 e. The molecule has 1 unspecified atom stereocenters. The van der Waals surface area contributed by atoms with Crippen LogP contribution in [0.3, 0.4) is 0 Å². The molecule has 0 radical (unpaired) electrons. The van der Waals surface area contributed by atoms with Gasteiger partial charge in [-0.2, -0.15) is 0 Å². The summed E-state index contributed by atoms with van der Waals surface area (Å²) in [5.41, 5.74) is 0. The fourth-order valence-electron chi connectivity index (χ4n) is 3.26. The van der Waals surface area contributed by atoms with Gasteiger partial charge in [-0.3, -0.25) is 0 Å². The van der Waals surface area contributed by atoms with Crippen molar-refractivity contribution in [2.24, 2.45) is 0 Å². The van der Waals surface area contributed by atoms with E-state index in [1.165, 1.54) is 64.7 Å². The highest BCUT2D eigenvalue weighted by atomic mass is 15.2. The molecule has 2 aliphatic rings. The van der Waals surface area contributed by atoms with E-state index in [4.69, 9.17) is 0 Å². The van der Waals surface area contributed by atoms with Crippen LogP contribution in [0.25, 0.3) is 0 Å². The van der Waals surface area contributed by atoms with Crippen molar-refractivity contribution in [3.8, 4) is 0 Å². The van der Waals surface area contributed by atoms with Gasteiger partial charge in [-0.1, -0.05) is 12.8 Å². The van der Waals surface area contributed by atoms with E-state index in [0.29, 0.717) is 0 Å². The number of hydrogen-bond donors (Lipinski definition) is 1. The van der Waals surface area contributed by atoms with Crippen LogP contribution in [0.5, 0.6) is 0 Å². The quantitative estimate of drug-likeness (QED) is 0.785. The summed E-state index contributed by atoms with van der Waals surface area (Å²) in [5, 5.41) is 3.71. The molecule has 1 N–H and O–H groups in total. The number of nitrogens with one attached hydrogen (secondary N) is 1. The molecule has 1 aliphatic heterocycles. The van der Waals surface area contributed by atoms with Crippen LogP contribution in [0.1, 0.15) is 38.5 Å². The van der Waals surface area contributed by atoms with E-state index in [1.807, 2.05) is 0 Å². The third-order valence-electron chi connectivity index (χ3n) is 4.48. The molecule has 3 heteroatoms. The van der Waals surface area contributed by atoms with Crippen molar-refractivity contribution >= 4 is 0 Å². The van der Waals surface area contributed by atoms with Crippen LogP contribution in [-0.2, 0) is 0 Å². The summed E-state index contributed by atoms with van der Waals surface area (Å²) in [5.74, 6) is 0. The number of likely N-dealkylation sites (tertiary alicyclic amines) is 1. The van der Waals surface area contributed by atoms with Gasteiger partial charge in [-0.15, -0.1) is 0 Å². The van der Waals surface area contributed by atoms with E-state index in [-0.39, 0.29) is 0 Å². The van der Waals surface area contributed by atoms with E-state index in [0.717, 1.165) is 12.1 Å². The normalized spacial score (nSPS) is 28.1. The number of nitrogens with zero attached hydrogens (tertiary/aromatic N) is 2. The van der Waals surface area contributed by atoms with Crippen LogP contribution in [0.4, 0.5) is 0 Å². The van der Waals surface area contributed by atoms with Gasteiger partial charge in [-0.05, 0) is 46.3 Å². The fraction of sp³-hybridized carbons (Fsp3) is 1.00. The Morgan fingerprint density at radius 2 is 1.94 bits per heavy atom. The maximum Gasteiger partial charge on any atom is 0.0221 e. The van der Waals surface area contributed by atoms with E-state index < -0.39 is 0 Å². The number of likely N-dealkylation sites (N-methyl/N-ethyl adjacent to an activating group) is 2. The van der Waals surface area contributed by atoms with Crippen LogP contribution in [0.15, 0.2) is 0 Å². The van der Waals surface area contributed by atoms with Gasteiger partial charge in [0.2, 0.25) is 0 Å². The summed E-state index contributed by atoms with van der Waals surface area (Å²) in [4.78, 5) is 5.02. The molecule has 1 saturated carbocycles. The maximum absolute atomic E-state index is 3.71. The van der Waals surface area contributed by atoms with E-state index in [9.17, 15) is 0 Å². The SMILES string of the molecule is CN1CCCC(N(C)CCNC2CCCC2)C1. The average molecular weight is 239 g/mol. The minimum atomic E-state index is 0.777. The molecule has 0 spiro atoms. The molecule has 0 aromatic heterocycles. The second kappa shape index (κ2) is 6.72. The Kier molecular flexibility index (Phi) is 5.26. The highest BCUT2D eigenvalue weighted by Crippen LogP contribution is 2.17. The Bertz CT molecular complexity index is 214. The molecule has 0 bridgehead atoms. The average Bonchev–Trinajstić information content (AvgIpc) is 2.82. The van der Waals surface area contributed by atoms with Crippen molar-refractivity contribution in [1.29, 1.82) is 0 Å². The molecule has 100 valence electrons. The fourth-order valence-corrected chi connectivity index (χ4v) is 3.26. The zero-order valence-electron chi connectivity index (χ0n) is 11.6. The minimum absolute atomic E-state index is 0.777. The van der Waals surface area contributed by atoms with Crippen LogP contribution in [0.2, 0.25) is 0 Å². The first kappa shape index (κ1) is 13.3. The molecular weight excluding hydrogens is 210 g/mol. The second-order valence-corrected chi connectivity index (χ2v) is 5.97. The van der Waals surface area contributed by atoms with Gasteiger partial charge < -0.3 is 15.1 Å². The van der Waals surface area contributed by atoms with Crippen LogP contribution < -0.4 is 5.32 Å². The highest BCUT2D eigenvalue weighted by Gasteiger charge is 2.21. The first-order valence-corrected chi connectivity index (χ1v) is 7.38. The van der Waals surface area contributed by atoms with Gasteiger partial charge in [0.25, 0.3) is 0 Å². The Morgan fingerprint density at radius 1 is 1.18 bits per heavy atom. The molecule has 0 aromatic rings. The zero-order chi connectivity index (χ0) is 12.1. The molecule has 1 aliphatic carbocycles. The molecule has 0 amide bonds. The Labute approximate surface area is 107 Å². The van der Waals surface area contributed by atoms with Gasteiger partial charge in [0.1, 0.15) is 0 Å². The highest BCUT2D eigenvalue weighted by molar-refractivity contribution is 4.79. The van der Waals surface area contributed by atoms with E-state index in [1.54, 1.807) is 0 Å². The Morgan fingerprint density at radius 3 is 2.65 bits per heavy atom. The standard InChI is InChI=1S/C14H29N3/c1-16-10-5-8-14(12-16)17(2)11-9-15-13-6-3-4-7-13/h13-15H,3-12H2,1-2H3. The zero-order valence-corrected chi connectivity index (χ0v) is 11.6. The summed E-state index contributed by atoms with van der Waals surface area (Å²) in [6.07, 6.45) is 8.40. The lowest BCUT2D eigenvalue weighted by Crippen LogP contribution is -2.47. The van der Waals surface area contributed by atoms with Crippen molar-refractivity contribution < 1.29 is 0 Å². The van der Waals surface area contributed by atoms with Crippen molar-refractivity contribution in [2.45, 2.75) is 50.6 Å². The van der Waals surface area contributed by atoms with Gasteiger partial charge >= 0.3 is 0 Å². The topological polar surface area (TPSA) is 18.5 Å². The summed E-state index contributed by atoms with van der Waals surface area (Å²) in [6, 6.07) is 1.59. The van der Waals surface area contributed by atoms with Gasteiger partial charge in [-0.25, -0.2) is 0 Å². The summed E-state index contributed by atoms with van der Waals surface area (Å²) in [6.45, 7) is 4.90. The molecular formula is C14H29N3. The lowest BCUT2D eigenvalue weighted by Gasteiger charge is -2.36. The predicted molar refractivity (Wildman–Crippen MR) is 73.4 cm³/mol. The molecule has 17 heavy (non-hydrogen) atoms. The van der Waals surface area contributed by atoms with Gasteiger partial charge in [0.05, 0.1) is 0 Å². The summed E-state index contributed by atoms with van der Waals surface area (Å²) >= 11 is 0. The third-order valence-corrected chi connectivity index (χ3v) is 4.48. The van der Waals surface area contributed by atoms with Gasteiger partial charge in [0, 0.05) is 31.7 Å². The smallest absolute Gasteiger partial charge is 0.0221 e. The predicted octanol–water partition coefficient (Wildman–Crippen LogP) is 1.54. The summed E-state index contributed by atoms with van der Waals surface area (Å²) in [7, 11) is 4.54. The Hall–Kier alpha value is -0.120. The van der Waals surface area contributed by atoms with E-state index in [2.05, 4.69) is 29.2 Å². The van der Waals surface area contributed by atoms with Gasteiger partial charge in [0.15, 0.2) is 0 Å². The lowest BCUT2D eigenvalue weighted by atomic mass is 10.1. The molecule has 2 rings (SSSR count). The maximum atomic E-state index is 3.71. The summed E-state index contributed by atoms with van der Waals surface area (Å²) < 4.78 is 0. The van der Waals surface area contributed by atoms with Crippen LogP contribution >= 0.6 is 0 Å². The number of piperidine rings is 1. The van der Waals surface area contributed by atoms with Crippen molar-refractivity contribution in [3.63, 3.8) is 0 Å². The number of rotatable bonds is 5. The lowest BCUT2D eigenvalue weighted by molar-refractivity contribution is 0.134. The molecule has 1 heterocycles. The molecule has 1 saturated heterocycles. The van der Waals surface area contributed by atoms with Crippen molar-refractivity contribution in [3.05, 3.63) is 0 Å². The van der Waals surface area contributed by atoms with Crippen LogP contribution in [-0.4, -0.2) is 62.2 Å². The third kappa shape index (κ3) is 4.23. The number of hydrogen-bond acceptors (Lipinski definition) is 3. The van der Waals surface area contributed by atoms with E-state index >= 15 is 0 Å². The molecule has 3 nitrogen and oxygen atoms in total. The molecule has 2 fully saturated rings. The Balaban J connectivity index is 1.60. The largest absolute Gasteiger partial charge is 0.313 e. The molecule has 1 atom stereocenters. The van der Waals surface area contributed by atoms with Crippen LogP contribution in [0, 0.1) is 0 Å². The van der Waals surface area contributed by atoms with Crippen molar-refractivity contribution in [1.82, 2.24) is 15.1 Å².